The van der Waals surface area contributed by atoms with E-state index in [1.165, 1.54) is 0 Å². The number of hydrogen-bond acceptors (Lipinski definition) is 2. The van der Waals surface area contributed by atoms with Gasteiger partial charge in [0.15, 0.2) is 0 Å². The van der Waals surface area contributed by atoms with Crippen molar-refractivity contribution in [2.45, 2.75) is 13.8 Å². The van der Waals surface area contributed by atoms with Crippen molar-refractivity contribution in [2.75, 3.05) is 0 Å². The molecule has 2 heteroatoms. The summed E-state index contributed by atoms with van der Waals surface area (Å²) in [5.74, 6) is 0. The van der Waals surface area contributed by atoms with Crippen molar-refractivity contribution < 1.29 is 0 Å². The summed E-state index contributed by atoms with van der Waals surface area (Å²) in [4.78, 5) is 5.48. The highest BCUT2D eigenvalue weighted by Gasteiger charge is 2.00. The fourth-order valence-electron chi connectivity index (χ4n) is 0.882. The number of hydrogen-bond donors (Lipinski definition) is 0. The predicted octanol–water partition coefficient (Wildman–Crippen LogP) is 3.13. The van der Waals surface area contributed by atoms with Gasteiger partial charge in [0, 0.05) is 0 Å². The van der Waals surface area contributed by atoms with Gasteiger partial charge in [-0.25, -0.2) is 4.98 Å². The molecule has 0 fully saturated rings. The fraction of sp³-hybridized carbons (Fsp3) is 0.222. The molecule has 1 heterocycles. The second kappa shape index (κ2) is 3.49. The van der Waals surface area contributed by atoms with Crippen molar-refractivity contribution in [1.29, 1.82) is 0 Å². The van der Waals surface area contributed by atoms with Gasteiger partial charge in [-0.2, -0.15) is 0 Å². The van der Waals surface area contributed by atoms with E-state index in [0.717, 1.165) is 15.6 Å². The van der Waals surface area contributed by atoms with E-state index < -0.39 is 0 Å². The lowest BCUT2D eigenvalue weighted by Crippen LogP contribution is -1.73. The third kappa shape index (κ3) is 1.77. The van der Waals surface area contributed by atoms with Crippen LogP contribution in [-0.4, -0.2) is 4.98 Å². The first-order chi connectivity index (χ1) is 5.27. The SMILES string of the molecule is C=Cc1sc(C)nc1/C=C/C. The molecule has 1 aromatic heterocycles. The first-order valence-corrected chi connectivity index (χ1v) is 4.32. The smallest absolute Gasteiger partial charge is 0.0907 e. The Morgan fingerprint density at radius 2 is 2.27 bits per heavy atom. The van der Waals surface area contributed by atoms with Crippen LogP contribution in [0.3, 0.4) is 0 Å². The summed E-state index contributed by atoms with van der Waals surface area (Å²) in [7, 11) is 0. The van der Waals surface area contributed by atoms with Crippen LogP contribution >= 0.6 is 11.3 Å². The van der Waals surface area contributed by atoms with E-state index in [1.54, 1.807) is 11.3 Å². The van der Waals surface area contributed by atoms with Crippen LogP contribution in [-0.2, 0) is 0 Å². The van der Waals surface area contributed by atoms with Crippen LogP contribution < -0.4 is 0 Å². The van der Waals surface area contributed by atoms with E-state index in [9.17, 15) is 0 Å². The normalized spacial score (nSPS) is 10.7. The van der Waals surface area contributed by atoms with E-state index in [0.29, 0.717) is 0 Å². The van der Waals surface area contributed by atoms with Gasteiger partial charge in [0.25, 0.3) is 0 Å². The van der Waals surface area contributed by atoms with Gasteiger partial charge in [0.1, 0.15) is 0 Å². The minimum Gasteiger partial charge on any atom is -0.242 e. The van der Waals surface area contributed by atoms with Gasteiger partial charge < -0.3 is 0 Å². The van der Waals surface area contributed by atoms with Crippen molar-refractivity contribution >= 4 is 23.5 Å². The first-order valence-electron chi connectivity index (χ1n) is 3.50. The zero-order valence-corrected chi connectivity index (χ0v) is 7.61. The predicted molar refractivity (Wildman–Crippen MR) is 51.7 cm³/mol. The van der Waals surface area contributed by atoms with Gasteiger partial charge in [0.05, 0.1) is 15.6 Å². The van der Waals surface area contributed by atoms with Gasteiger partial charge in [-0.15, -0.1) is 11.3 Å². The van der Waals surface area contributed by atoms with Gasteiger partial charge >= 0.3 is 0 Å². The Bertz CT molecular complexity index is 284. The number of aromatic nitrogens is 1. The molecule has 1 rings (SSSR count). The molecule has 0 radical (unpaired) electrons. The summed E-state index contributed by atoms with van der Waals surface area (Å²) in [6.07, 6.45) is 5.84. The lowest BCUT2D eigenvalue weighted by atomic mass is 10.3. The Morgan fingerprint density at radius 1 is 1.55 bits per heavy atom. The molecular formula is C9H11NS. The van der Waals surface area contributed by atoms with Crippen molar-refractivity contribution in [3.05, 3.63) is 28.2 Å². The van der Waals surface area contributed by atoms with E-state index in [4.69, 9.17) is 0 Å². The maximum atomic E-state index is 4.33. The minimum atomic E-state index is 1.03. The molecule has 0 bridgehead atoms. The van der Waals surface area contributed by atoms with Gasteiger partial charge in [-0.05, 0) is 26.0 Å². The quantitative estimate of drug-likeness (QED) is 0.656. The van der Waals surface area contributed by atoms with Gasteiger partial charge in [0.2, 0.25) is 0 Å². The van der Waals surface area contributed by atoms with Crippen molar-refractivity contribution in [3.8, 4) is 0 Å². The van der Waals surface area contributed by atoms with E-state index in [1.807, 2.05) is 32.1 Å². The topological polar surface area (TPSA) is 12.9 Å². The maximum absolute atomic E-state index is 4.33. The highest BCUT2D eigenvalue weighted by Crippen LogP contribution is 2.19. The standard InChI is InChI=1S/C9H11NS/c1-4-6-8-9(5-2)11-7(3)10-8/h4-6H,2H2,1,3H3/b6-4+. The maximum Gasteiger partial charge on any atom is 0.0907 e. The van der Waals surface area contributed by atoms with E-state index in [-0.39, 0.29) is 0 Å². The van der Waals surface area contributed by atoms with Crippen molar-refractivity contribution in [3.63, 3.8) is 0 Å². The molecule has 0 unspecified atom stereocenters. The average molecular weight is 165 g/mol. The Kier molecular flexibility index (Phi) is 2.60. The Hall–Kier alpha value is -0.890. The van der Waals surface area contributed by atoms with Crippen LogP contribution in [0.4, 0.5) is 0 Å². The van der Waals surface area contributed by atoms with Crippen LogP contribution in [0.1, 0.15) is 22.5 Å². The number of allylic oxidation sites excluding steroid dienone is 1. The summed E-state index contributed by atoms with van der Waals surface area (Å²) in [5, 5.41) is 1.09. The van der Waals surface area contributed by atoms with Crippen LogP contribution in [0.2, 0.25) is 0 Å². The summed E-state index contributed by atoms with van der Waals surface area (Å²) >= 11 is 1.67. The monoisotopic (exact) mass is 165 g/mol. The van der Waals surface area contributed by atoms with Crippen LogP contribution in [0.5, 0.6) is 0 Å². The highest BCUT2D eigenvalue weighted by molar-refractivity contribution is 7.12. The summed E-state index contributed by atoms with van der Waals surface area (Å²) in [6, 6.07) is 0. The number of rotatable bonds is 2. The third-order valence-corrected chi connectivity index (χ3v) is 2.28. The number of nitrogens with zero attached hydrogens (tertiary/aromatic N) is 1. The van der Waals surface area contributed by atoms with Crippen LogP contribution in [0, 0.1) is 6.92 Å². The molecule has 1 aromatic rings. The van der Waals surface area contributed by atoms with E-state index >= 15 is 0 Å². The second-order valence-electron chi connectivity index (χ2n) is 2.19. The largest absolute Gasteiger partial charge is 0.242 e. The number of aryl methyl sites for hydroxylation is 1. The molecule has 1 nitrogen and oxygen atoms in total. The molecule has 0 aliphatic carbocycles. The molecule has 0 aliphatic rings. The van der Waals surface area contributed by atoms with Crippen molar-refractivity contribution in [1.82, 2.24) is 4.98 Å². The molecule has 0 atom stereocenters. The molecule has 11 heavy (non-hydrogen) atoms. The molecule has 0 amide bonds. The molecule has 0 aliphatic heterocycles. The van der Waals surface area contributed by atoms with Crippen molar-refractivity contribution in [2.24, 2.45) is 0 Å². The zero-order valence-electron chi connectivity index (χ0n) is 6.79. The molecule has 0 saturated heterocycles. The molecule has 0 aromatic carbocycles. The second-order valence-corrected chi connectivity index (χ2v) is 3.42. The summed E-state index contributed by atoms with van der Waals surface area (Å²) < 4.78 is 0. The lowest BCUT2D eigenvalue weighted by molar-refractivity contribution is 1.27. The molecule has 0 N–H and O–H groups in total. The summed E-state index contributed by atoms with van der Waals surface area (Å²) in [6.45, 7) is 7.72. The van der Waals surface area contributed by atoms with Crippen LogP contribution in [0.25, 0.3) is 12.2 Å². The number of thiazole rings is 1. The molecule has 0 saturated carbocycles. The average Bonchev–Trinajstić information content (AvgIpc) is 2.32. The van der Waals surface area contributed by atoms with Crippen LogP contribution in [0.15, 0.2) is 12.7 Å². The van der Waals surface area contributed by atoms with Gasteiger partial charge in [-0.1, -0.05) is 12.7 Å². The Labute approximate surface area is 71.1 Å². The third-order valence-electron chi connectivity index (χ3n) is 1.30. The first kappa shape index (κ1) is 8.21. The molecule has 0 spiro atoms. The molecule has 58 valence electrons. The Balaban J connectivity index is 3.11. The minimum absolute atomic E-state index is 1.03. The van der Waals surface area contributed by atoms with Gasteiger partial charge in [-0.3, -0.25) is 0 Å². The lowest BCUT2D eigenvalue weighted by Gasteiger charge is -1.84. The molecular weight excluding hydrogens is 154 g/mol. The Morgan fingerprint density at radius 3 is 2.82 bits per heavy atom. The highest BCUT2D eigenvalue weighted by atomic mass is 32.1. The van der Waals surface area contributed by atoms with E-state index in [2.05, 4.69) is 11.6 Å². The fourth-order valence-corrected chi connectivity index (χ4v) is 1.65. The zero-order chi connectivity index (χ0) is 8.27. The summed E-state index contributed by atoms with van der Waals surface area (Å²) in [5.41, 5.74) is 1.03.